The van der Waals surface area contributed by atoms with Gasteiger partial charge < -0.3 is 10.5 Å². The first-order chi connectivity index (χ1) is 9.13. The number of thiol groups is 1. The van der Waals surface area contributed by atoms with Crippen molar-refractivity contribution in [3.63, 3.8) is 0 Å². The summed E-state index contributed by atoms with van der Waals surface area (Å²) in [7, 11) is 0. The fourth-order valence-electron chi connectivity index (χ4n) is 2.11. The molecule has 0 radical (unpaired) electrons. The van der Waals surface area contributed by atoms with Crippen LogP contribution < -0.4 is 5.73 Å². The van der Waals surface area contributed by atoms with Gasteiger partial charge in [-0.15, -0.1) is 0 Å². The lowest BCUT2D eigenvalue weighted by atomic mass is 10.1. The summed E-state index contributed by atoms with van der Waals surface area (Å²) in [6.45, 7) is 2.25. The van der Waals surface area contributed by atoms with E-state index in [2.05, 4.69) is 12.6 Å². The van der Waals surface area contributed by atoms with Crippen molar-refractivity contribution in [1.29, 1.82) is 0 Å². The Labute approximate surface area is 117 Å². The van der Waals surface area contributed by atoms with Gasteiger partial charge in [-0.05, 0) is 25.0 Å². The number of carbonyl (C=O) groups excluding carboxylic acids is 1. The van der Waals surface area contributed by atoms with Gasteiger partial charge in [0.15, 0.2) is 0 Å². The molecule has 4 nitrogen and oxygen atoms in total. The first-order valence-corrected chi connectivity index (χ1v) is 6.89. The maximum atomic E-state index is 12.0. The predicted molar refractivity (Wildman–Crippen MR) is 79.9 cm³/mol. The topological polar surface area (TPSA) is 57.2 Å². The molecule has 2 aromatic rings. The minimum absolute atomic E-state index is 0.0488. The molecule has 0 saturated carbocycles. The standard InChI is InChI=1S/C14H18N2O2S/c1-10(15)8-11-9-16(14(17)18-6-7-19)13-5-3-2-4-12(11)13/h2-5,9-10,19H,6-8,15H2,1H3/t10-/m1/s1. The van der Waals surface area contributed by atoms with Crippen LogP contribution in [0.5, 0.6) is 0 Å². The molecule has 102 valence electrons. The quantitative estimate of drug-likeness (QED) is 0.845. The van der Waals surface area contributed by atoms with Crippen LogP contribution in [-0.4, -0.2) is 29.1 Å². The summed E-state index contributed by atoms with van der Waals surface area (Å²) < 4.78 is 6.66. The Bertz CT molecular complexity index is 578. The second-order valence-electron chi connectivity index (χ2n) is 4.56. The summed E-state index contributed by atoms with van der Waals surface area (Å²) in [4.78, 5) is 12.0. The Morgan fingerprint density at radius 1 is 1.47 bits per heavy atom. The van der Waals surface area contributed by atoms with Crippen molar-refractivity contribution in [2.45, 2.75) is 19.4 Å². The highest BCUT2D eigenvalue weighted by Crippen LogP contribution is 2.22. The van der Waals surface area contributed by atoms with E-state index in [0.29, 0.717) is 12.4 Å². The molecule has 0 aliphatic heterocycles. The average Bonchev–Trinajstić information content (AvgIpc) is 2.75. The molecule has 19 heavy (non-hydrogen) atoms. The molecule has 1 aromatic heterocycles. The second kappa shape index (κ2) is 6.12. The van der Waals surface area contributed by atoms with Crippen LogP contribution in [-0.2, 0) is 11.2 Å². The molecule has 2 rings (SSSR count). The highest BCUT2D eigenvalue weighted by Gasteiger charge is 2.14. The number of rotatable bonds is 4. The number of aromatic nitrogens is 1. The van der Waals surface area contributed by atoms with Crippen LogP contribution in [0, 0.1) is 0 Å². The van der Waals surface area contributed by atoms with Crippen molar-refractivity contribution in [2.75, 3.05) is 12.4 Å². The van der Waals surface area contributed by atoms with Crippen LogP contribution in [0.2, 0.25) is 0 Å². The Balaban J connectivity index is 2.41. The summed E-state index contributed by atoms with van der Waals surface area (Å²) in [6, 6.07) is 7.81. The normalized spacial score (nSPS) is 12.6. The molecule has 0 aliphatic rings. The van der Waals surface area contributed by atoms with Gasteiger partial charge in [0.25, 0.3) is 0 Å². The number of para-hydroxylation sites is 1. The molecule has 0 fully saturated rings. The highest BCUT2D eigenvalue weighted by atomic mass is 32.1. The summed E-state index contributed by atoms with van der Waals surface area (Å²) in [5.41, 5.74) is 7.76. The van der Waals surface area contributed by atoms with Gasteiger partial charge in [0.1, 0.15) is 6.61 Å². The number of hydrogen-bond acceptors (Lipinski definition) is 4. The summed E-state index contributed by atoms with van der Waals surface area (Å²) in [5, 5.41) is 1.04. The largest absolute Gasteiger partial charge is 0.448 e. The minimum Gasteiger partial charge on any atom is -0.448 e. The third-order valence-electron chi connectivity index (χ3n) is 2.85. The lowest BCUT2D eigenvalue weighted by Crippen LogP contribution is -2.18. The molecule has 2 N–H and O–H groups in total. The molecular weight excluding hydrogens is 260 g/mol. The van der Waals surface area contributed by atoms with Crippen LogP contribution in [0.25, 0.3) is 10.9 Å². The molecule has 0 aliphatic carbocycles. The van der Waals surface area contributed by atoms with Crippen molar-refractivity contribution in [3.8, 4) is 0 Å². The molecule has 0 unspecified atom stereocenters. The van der Waals surface area contributed by atoms with Crippen LogP contribution >= 0.6 is 12.6 Å². The molecule has 1 heterocycles. The number of fused-ring (bicyclic) bond motifs is 1. The molecule has 0 saturated heterocycles. The van der Waals surface area contributed by atoms with E-state index in [9.17, 15) is 4.79 Å². The van der Waals surface area contributed by atoms with Gasteiger partial charge in [-0.2, -0.15) is 12.6 Å². The van der Waals surface area contributed by atoms with E-state index in [4.69, 9.17) is 10.5 Å². The summed E-state index contributed by atoms with van der Waals surface area (Å²) in [6.07, 6.45) is 2.17. The first kappa shape index (κ1) is 14.0. The molecule has 5 heteroatoms. The Kier molecular flexibility index (Phi) is 4.50. The van der Waals surface area contributed by atoms with Crippen LogP contribution in [0.15, 0.2) is 30.5 Å². The van der Waals surface area contributed by atoms with Gasteiger partial charge >= 0.3 is 6.09 Å². The lowest BCUT2D eigenvalue weighted by molar-refractivity contribution is 0.156. The smallest absolute Gasteiger partial charge is 0.418 e. The Morgan fingerprint density at radius 2 is 2.21 bits per heavy atom. The van der Waals surface area contributed by atoms with Crippen molar-refractivity contribution in [3.05, 3.63) is 36.0 Å². The van der Waals surface area contributed by atoms with Crippen LogP contribution in [0.3, 0.4) is 0 Å². The number of carbonyl (C=O) groups is 1. The summed E-state index contributed by atoms with van der Waals surface area (Å²) >= 11 is 4.03. The van der Waals surface area contributed by atoms with E-state index in [1.165, 1.54) is 4.57 Å². The highest BCUT2D eigenvalue weighted by molar-refractivity contribution is 7.80. The molecule has 1 aromatic carbocycles. The monoisotopic (exact) mass is 278 g/mol. The predicted octanol–water partition coefficient (Wildman–Crippen LogP) is 2.45. The molecule has 1 atom stereocenters. The fourth-order valence-corrected chi connectivity index (χ4v) is 2.20. The van der Waals surface area contributed by atoms with E-state index >= 15 is 0 Å². The number of ether oxygens (including phenoxy) is 1. The lowest BCUT2D eigenvalue weighted by Gasteiger charge is -2.04. The maximum absolute atomic E-state index is 12.0. The van der Waals surface area contributed by atoms with Gasteiger partial charge in [0.2, 0.25) is 0 Å². The third kappa shape index (κ3) is 3.11. The van der Waals surface area contributed by atoms with Gasteiger partial charge in [0.05, 0.1) is 5.52 Å². The van der Waals surface area contributed by atoms with Crippen molar-refractivity contribution >= 4 is 29.6 Å². The Hall–Kier alpha value is -1.46. The Morgan fingerprint density at radius 3 is 2.89 bits per heavy atom. The van der Waals surface area contributed by atoms with E-state index in [1.807, 2.05) is 37.4 Å². The number of hydrogen-bond donors (Lipinski definition) is 2. The van der Waals surface area contributed by atoms with Crippen molar-refractivity contribution < 1.29 is 9.53 Å². The molecule has 0 bridgehead atoms. The van der Waals surface area contributed by atoms with Crippen molar-refractivity contribution in [2.24, 2.45) is 5.73 Å². The molecule has 0 spiro atoms. The van der Waals surface area contributed by atoms with E-state index < -0.39 is 0 Å². The fraction of sp³-hybridized carbons (Fsp3) is 0.357. The molecule has 0 amide bonds. The second-order valence-corrected chi connectivity index (χ2v) is 5.01. The zero-order valence-corrected chi connectivity index (χ0v) is 11.8. The first-order valence-electron chi connectivity index (χ1n) is 6.26. The third-order valence-corrected chi connectivity index (χ3v) is 3.03. The van der Waals surface area contributed by atoms with Gasteiger partial charge in [-0.1, -0.05) is 18.2 Å². The van der Waals surface area contributed by atoms with E-state index in [-0.39, 0.29) is 12.1 Å². The number of nitrogens with zero attached hydrogens (tertiary/aromatic N) is 1. The van der Waals surface area contributed by atoms with E-state index in [1.54, 1.807) is 0 Å². The van der Waals surface area contributed by atoms with Crippen LogP contribution in [0.4, 0.5) is 4.79 Å². The number of nitrogens with two attached hydrogens (primary N) is 1. The van der Waals surface area contributed by atoms with Crippen molar-refractivity contribution in [1.82, 2.24) is 4.57 Å². The summed E-state index contributed by atoms with van der Waals surface area (Å²) in [5.74, 6) is 0.512. The average molecular weight is 278 g/mol. The van der Waals surface area contributed by atoms with Crippen LogP contribution in [0.1, 0.15) is 12.5 Å². The SMILES string of the molecule is C[C@@H](N)Cc1cn(C(=O)OCCS)c2ccccc12. The maximum Gasteiger partial charge on any atom is 0.418 e. The van der Waals surface area contributed by atoms with Gasteiger partial charge in [-0.3, -0.25) is 4.57 Å². The number of benzene rings is 1. The zero-order chi connectivity index (χ0) is 13.8. The molecular formula is C14H18N2O2S. The van der Waals surface area contributed by atoms with Gasteiger partial charge in [0, 0.05) is 23.4 Å². The van der Waals surface area contributed by atoms with Gasteiger partial charge in [-0.25, -0.2) is 4.79 Å². The zero-order valence-electron chi connectivity index (χ0n) is 10.9. The van der Waals surface area contributed by atoms with E-state index in [0.717, 1.165) is 22.9 Å². The minimum atomic E-state index is -0.374.